The number of rotatable bonds is 8. The van der Waals surface area contributed by atoms with E-state index >= 15 is 0 Å². The van der Waals surface area contributed by atoms with Crippen molar-refractivity contribution in [3.63, 3.8) is 0 Å². The molecular formula is C24H21N5O3S2. The first-order valence-corrected chi connectivity index (χ1v) is 12.4. The van der Waals surface area contributed by atoms with Crippen LogP contribution in [0.15, 0.2) is 52.9 Å². The number of fused-ring (bicyclic) bond motifs is 1. The second-order valence-electron chi connectivity index (χ2n) is 8.13. The van der Waals surface area contributed by atoms with Crippen LogP contribution < -0.4 is 5.32 Å². The lowest BCUT2D eigenvalue weighted by Crippen LogP contribution is -2.47. The highest BCUT2D eigenvalue weighted by Gasteiger charge is 2.42. The number of amides is 3. The Hall–Kier alpha value is -3.55. The molecule has 1 N–H and O–H groups in total. The van der Waals surface area contributed by atoms with Crippen molar-refractivity contribution < 1.29 is 14.4 Å². The number of carbonyl (C=O) groups is 3. The van der Waals surface area contributed by atoms with Crippen LogP contribution in [0.25, 0.3) is 0 Å². The monoisotopic (exact) mass is 491 g/mol. The molecule has 0 aliphatic carbocycles. The van der Waals surface area contributed by atoms with Gasteiger partial charge in [0.25, 0.3) is 11.8 Å². The van der Waals surface area contributed by atoms with Crippen LogP contribution in [0.4, 0.5) is 5.13 Å². The molecule has 0 fully saturated rings. The molecule has 0 radical (unpaired) electrons. The van der Waals surface area contributed by atoms with Gasteiger partial charge < -0.3 is 0 Å². The first-order valence-electron chi connectivity index (χ1n) is 10.6. The molecule has 10 heteroatoms. The molecule has 3 amide bonds. The Kier molecular flexibility index (Phi) is 7.05. The maximum absolute atomic E-state index is 13.2. The second kappa shape index (κ2) is 10.2. The molecule has 1 unspecified atom stereocenters. The third-order valence-electron chi connectivity index (χ3n) is 5.22. The van der Waals surface area contributed by atoms with Gasteiger partial charge >= 0.3 is 0 Å². The standard InChI is InChI=1S/C24H21N5O3S2/c1-14(2)11-19(29-21(31)17-5-3-4-6-18(17)22(29)32)20(30)26-23-27-28-24(34-23)33-13-16-9-7-15(12-25)8-10-16/h3-10,14,19H,11,13H2,1-2H3,(H,26,27,30). The first-order chi connectivity index (χ1) is 16.4. The van der Waals surface area contributed by atoms with Crippen LogP contribution >= 0.6 is 23.1 Å². The van der Waals surface area contributed by atoms with Crippen molar-refractivity contribution >= 4 is 46.0 Å². The van der Waals surface area contributed by atoms with Crippen molar-refractivity contribution in [1.82, 2.24) is 15.1 Å². The summed E-state index contributed by atoms with van der Waals surface area (Å²) in [5, 5.41) is 20.1. The van der Waals surface area contributed by atoms with Crippen molar-refractivity contribution in [2.45, 2.75) is 36.4 Å². The van der Waals surface area contributed by atoms with E-state index in [0.717, 1.165) is 10.5 Å². The van der Waals surface area contributed by atoms with Gasteiger partial charge in [-0.25, -0.2) is 0 Å². The lowest BCUT2D eigenvalue weighted by Gasteiger charge is -2.26. The van der Waals surface area contributed by atoms with Crippen LogP contribution in [0.3, 0.4) is 0 Å². The van der Waals surface area contributed by atoms with Crippen LogP contribution in [-0.4, -0.2) is 38.9 Å². The predicted molar refractivity (Wildman–Crippen MR) is 129 cm³/mol. The summed E-state index contributed by atoms with van der Waals surface area (Å²) in [6, 6.07) is 15.0. The van der Waals surface area contributed by atoms with E-state index in [1.54, 1.807) is 36.4 Å². The predicted octanol–water partition coefficient (Wildman–Crippen LogP) is 4.35. The summed E-state index contributed by atoms with van der Waals surface area (Å²) in [7, 11) is 0. The number of aromatic nitrogens is 2. The normalized spacial score (nSPS) is 13.6. The fourth-order valence-corrected chi connectivity index (χ4v) is 5.31. The first kappa shape index (κ1) is 23.6. The van der Waals surface area contributed by atoms with Gasteiger partial charge in [-0.1, -0.05) is 61.2 Å². The highest BCUT2D eigenvalue weighted by Crippen LogP contribution is 2.30. The highest BCUT2D eigenvalue weighted by atomic mass is 32.2. The molecule has 0 saturated carbocycles. The number of nitrogens with one attached hydrogen (secondary N) is 1. The lowest BCUT2D eigenvalue weighted by molar-refractivity contribution is -0.120. The third kappa shape index (κ3) is 5.00. The summed E-state index contributed by atoms with van der Waals surface area (Å²) in [5.41, 5.74) is 2.26. The molecule has 0 bridgehead atoms. The minimum Gasteiger partial charge on any atom is -0.299 e. The summed E-state index contributed by atoms with van der Waals surface area (Å²) in [4.78, 5) is 40.1. The van der Waals surface area contributed by atoms with E-state index in [1.165, 1.54) is 23.1 Å². The van der Waals surface area contributed by atoms with Crippen molar-refractivity contribution in [3.05, 3.63) is 70.8 Å². The SMILES string of the molecule is CC(C)CC(C(=O)Nc1nnc(SCc2ccc(C#N)cc2)s1)N1C(=O)c2ccccc2C1=O. The average Bonchev–Trinajstić information content (AvgIpc) is 3.38. The van der Waals surface area contributed by atoms with Gasteiger partial charge in [0.05, 0.1) is 22.8 Å². The van der Waals surface area contributed by atoms with E-state index in [-0.39, 0.29) is 5.92 Å². The number of hydrogen-bond acceptors (Lipinski definition) is 8. The number of carbonyl (C=O) groups excluding carboxylic acids is 3. The zero-order valence-electron chi connectivity index (χ0n) is 18.5. The van der Waals surface area contributed by atoms with Crippen molar-refractivity contribution in [3.8, 4) is 6.07 Å². The van der Waals surface area contributed by atoms with Crippen molar-refractivity contribution in [2.75, 3.05) is 5.32 Å². The molecule has 3 aromatic rings. The molecule has 2 heterocycles. The molecule has 172 valence electrons. The number of nitrogens with zero attached hydrogens (tertiary/aromatic N) is 4. The quantitative estimate of drug-likeness (QED) is 0.283. The molecule has 8 nitrogen and oxygen atoms in total. The Morgan fingerprint density at radius 2 is 1.74 bits per heavy atom. The maximum atomic E-state index is 13.2. The van der Waals surface area contributed by atoms with Crippen molar-refractivity contribution in [2.24, 2.45) is 5.92 Å². The van der Waals surface area contributed by atoms with E-state index in [4.69, 9.17) is 5.26 Å². The van der Waals surface area contributed by atoms with E-state index in [9.17, 15) is 14.4 Å². The number of hydrogen-bond donors (Lipinski definition) is 1. The van der Waals surface area contributed by atoms with Gasteiger partial charge in [-0.3, -0.25) is 24.6 Å². The zero-order chi connectivity index (χ0) is 24.2. The minimum atomic E-state index is -0.953. The molecule has 4 rings (SSSR count). The van der Waals surface area contributed by atoms with Gasteiger partial charge in [0.2, 0.25) is 11.0 Å². The third-order valence-corrected chi connectivity index (χ3v) is 7.26. The molecule has 0 saturated heterocycles. The fourth-order valence-electron chi connectivity index (χ4n) is 3.60. The summed E-state index contributed by atoms with van der Waals surface area (Å²) >= 11 is 2.69. The second-order valence-corrected chi connectivity index (χ2v) is 10.3. The van der Waals surface area contributed by atoms with E-state index in [1.807, 2.05) is 26.0 Å². The Morgan fingerprint density at radius 1 is 1.09 bits per heavy atom. The molecule has 1 aromatic heterocycles. The lowest BCUT2D eigenvalue weighted by atomic mass is 10.0. The molecular weight excluding hydrogens is 470 g/mol. The summed E-state index contributed by atoms with van der Waals surface area (Å²) in [6.07, 6.45) is 0.330. The molecule has 1 aliphatic heterocycles. The van der Waals surface area contributed by atoms with Crippen LogP contribution in [-0.2, 0) is 10.5 Å². The van der Waals surface area contributed by atoms with Crippen LogP contribution in [0, 0.1) is 17.2 Å². The smallest absolute Gasteiger partial charge is 0.262 e. The Labute approximate surface area is 205 Å². The fraction of sp³-hybridized carbons (Fsp3) is 0.250. The number of thioether (sulfide) groups is 1. The van der Waals surface area contributed by atoms with Crippen LogP contribution in [0.2, 0.25) is 0 Å². The molecule has 34 heavy (non-hydrogen) atoms. The largest absolute Gasteiger partial charge is 0.299 e. The topological polar surface area (TPSA) is 116 Å². The number of nitriles is 1. The van der Waals surface area contributed by atoms with Gasteiger partial charge in [-0.2, -0.15) is 5.26 Å². The van der Waals surface area contributed by atoms with E-state index < -0.39 is 23.8 Å². The Bertz CT molecular complexity index is 1250. The van der Waals surface area contributed by atoms with Gasteiger partial charge in [-0.15, -0.1) is 10.2 Å². The zero-order valence-corrected chi connectivity index (χ0v) is 20.2. The average molecular weight is 492 g/mol. The van der Waals surface area contributed by atoms with Gasteiger partial charge in [-0.05, 0) is 42.2 Å². The number of imide groups is 1. The summed E-state index contributed by atoms with van der Waals surface area (Å²) in [5.74, 6) is -0.676. The Morgan fingerprint density at radius 3 is 2.32 bits per heavy atom. The van der Waals surface area contributed by atoms with Gasteiger partial charge in [0.1, 0.15) is 6.04 Å². The number of anilines is 1. The van der Waals surface area contributed by atoms with Gasteiger partial charge in [0.15, 0.2) is 4.34 Å². The highest BCUT2D eigenvalue weighted by molar-refractivity contribution is 8.00. The van der Waals surface area contributed by atoms with Gasteiger partial charge in [0, 0.05) is 5.75 Å². The Balaban J connectivity index is 1.44. The molecule has 1 atom stereocenters. The molecule has 2 aromatic carbocycles. The van der Waals surface area contributed by atoms with Crippen molar-refractivity contribution in [1.29, 1.82) is 5.26 Å². The molecule has 0 spiro atoms. The van der Waals surface area contributed by atoms with Crippen LogP contribution in [0.1, 0.15) is 52.1 Å². The number of benzene rings is 2. The van der Waals surface area contributed by atoms with E-state index in [0.29, 0.717) is 38.3 Å². The summed E-state index contributed by atoms with van der Waals surface area (Å²) < 4.78 is 0.667. The maximum Gasteiger partial charge on any atom is 0.262 e. The molecule has 1 aliphatic rings. The summed E-state index contributed by atoms with van der Waals surface area (Å²) in [6.45, 7) is 3.86. The van der Waals surface area contributed by atoms with Crippen LogP contribution in [0.5, 0.6) is 0 Å². The van der Waals surface area contributed by atoms with E-state index in [2.05, 4.69) is 21.6 Å². The minimum absolute atomic E-state index is 0.0769.